The first-order chi connectivity index (χ1) is 15.8. The molecular formula is C23H21Cl2FN6S. The number of aryl methyl sites for hydroxylation is 1. The van der Waals surface area contributed by atoms with E-state index in [0.29, 0.717) is 34.1 Å². The minimum absolute atomic E-state index is 0.261. The Morgan fingerprint density at radius 3 is 2.36 bits per heavy atom. The summed E-state index contributed by atoms with van der Waals surface area (Å²) < 4.78 is 16.8. The molecule has 4 aromatic rings. The molecule has 0 saturated heterocycles. The third kappa shape index (κ3) is 5.52. The van der Waals surface area contributed by atoms with Gasteiger partial charge in [-0.05, 0) is 55.9 Å². The Hall–Kier alpha value is -2.94. The monoisotopic (exact) mass is 502 g/mol. The Kier molecular flexibility index (Phi) is 6.97. The molecule has 2 heterocycles. The summed E-state index contributed by atoms with van der Waals surface area (Å²) in [6, 6.07) is 13.6. The fraction of sp³-hybridized carbons (Fsp3) is 0.174. The summed E-state index contributed by atoms with van der Waals surface area (Å²) in [5.74, 6) is 0.327. The maximum atomic E-state index is 13.2. The first-order valence-corrected chi connectivity index (χ1v) is 11.3. The second-order valence-corrected chi connectivity index (χ2v) is 8.73. The molecule has 0 unspecified atom stereocenters. The van der Waals surface area contributed by atoms with E-state index in [9.17, 15) is 4.39 Å². The lowest BCUT2D eigenvalue weighted by Crippen LogP contribution is -2.20. The quantitative estimate of drug-likeness (QED) is 0.314. The predicted molar refractivity (Wildman–Crippen MR) is 135 cm³/mol. The zero-order valence-electron chi connectivity index (χ0n) is 17.9. The van der Waals surface area contributed by atoms with Gasteiger partial charge in [-0.2, -0.15) is 10.2 Å². The molecule has 0 fully saturated rings. The number of thiocarbonyl (C=S) groups is 1. The summed E-state index contributed by atoms with van der Waals surface area (Å²) in [4.78, 5) is 0. The molecule has 170 valence electrons. The van der Waals surface area contributed by atoms with Crippen LogP contribution in [0.5, 0.6) is 0 Å². The number of nitrogens with zero attached hydrogens (tertiary/aromatic N) is 4. The number of aromatic nitrogens is 4. The number of rotatable bonds is 6. The first-order valence-electron chi connectivity index (χ1n) is 10.1. The lowest BCUT2D eigenvalue weighted by Gasteiger charge is -2.10. The number of benzene rings is 2. The van der Waals surface area contributed by atoms with Crippen molar-refractivity contribution < 1.29 is 4.39 Å². The van der Waals surface area contributed by atoms with E-state index in [1.165, 1.54) is 12.1 Å². The van der Waals surface area contributed by atoms with Gasteiger partial charge in [0, 0.05) is 27.9 Å². The van der Waals surface area contributed by atoms with Gasteiger partial charge in [0.05, 0.1) is 30.2 Å². The van der Waals surface area contributed by atoms with Gasteiger partial charge in [-0.1, -0.05) is 41.4 Å². The molecular weight excluding hydrogens is 482 g/mol. The molecule has 4 rings (SSSR count). The van der Waals surface area contributed by atoms with Gasteiger partial charge in [-0.25, -0.2) is 4.39 Å². The highest BCUT2D eigenvalue weighted by atomic mass is 35.5. The molecule has 33 heavy (non-hydrogen) atoms. The van der Waals surface area contributed by atoms with Crippen LogP contribution in [0.1, 0.15) is 22.5 Å². The van der Waals surface area contributed by atoms with Crippen molar-refractivity contribution in [2.75, 3.05) is 10.6 Å². The van der Waals surface area contributed by atoms with Gasteiger partial charge in [0.15, 0.2) is 10.9 Å². The standard InChI is InChI=1S/C23H21Cl2FN6S/c1-14-22(15(2)32(29-14)12-16-6-8-17(26)9-7-16)28-23(33)27-21-10-11-31(30-21)13-18-19(24)4-3-5-20(18)25/h3-11H,12-13H2,1-2H3,(H2,27,28,30,33). The van der Waals surface area contributed by atoms with Crippen LogP contribution in [0.3, 0.4) is 0 Å². The maximum absolute atomic E-state index is 13.2. The minimum atomic E-state index is -0.261. The molecule has 10 heteroatoms. The van der Waals surface area contributed by atoms with E-state index < -0.39 is 0 Å². The van der Waals surface area contributed by atoms with Crippen LogP contribution >= 0.6 is 35.4 Å². The molecule has 0 aliphatic carbocycles. The van der Waals surface area contributed by atoms with Crippen LogP contribution in [-0.4, -0.2) is 24.7 Å². The summed E-state index contributed by atoms with van der Waals surface area (Å²) in [5, 5.41) is 16.9. The van der Waals surface area contributed by atoms with Crippen LogP contribution in [0, 0.1) is 19.7 Å². The average Bonchev–Trinajstić information content (AvgIpc) is 3.31. The van der Waals surface area contributed by atoms with Gasteiger partial charge in [0.1, 0.15) is 5.82 Å². The van der Waals surface area contributed by atoms with Crippen LogP contribution in [-0.2, 0) is 13.1 Å². The van der Waals surface area contributed by atoms with E-state index in [1.54, 1.807) is 35.0 Å². The topological polar surface area (TPSA) is 59.7 Å². The number of hydrogen-bond acceptors (Lipinski definition) is 3. The summed E-state index contributed by atoms with van der Waals surface area (Å²) >= 11 is 18.0. The van der Waals surface area contributed by atoms with Gasteiger partial charge >= 0.3 is 0 Å². The summed E-state index contributed by atoms with van der Waals surface area (Å²) in [5.41, 5.74) is 4.30. The smallest absolute Gasteiger partial charge is 0.176 e. The van der Waals surface area contributed by atoms with Crippen molar-refractivity contribution in [2.24, 2.45) is 0 Å². The average molecular weight is 503 g/mol. The Morgan fingerprint density at radius 2 is 1.67 bits per heavy atom. The van der Waals surface area contributed by atoms with Crippen molar-refractivity contribution in [2.45, 2.75) is 26.9 Å². The number of halogens is 3. The molecule has 0 spiro atoms. The molecule has 2 aromatic carbocycles. The van der Waals surface area contributed by atoms with Crippen molar-refractivity contribution >= 4 is 52.0 Å². The van der Waals surface area contributed by atoms with Gasteiger partial charge in [0.25, 0.3) is 0 Å². The van der Waals surface area contributed by atoms with Crippen LogP contribution in [0.25, 0.3) is 0 Å². The normalized spacial score (nSPS) is 10.9. The molecule has 6 nitrogen and oxygen atoms in total. The molecule has 2 N–H and O–H groups in total. The van der Waals surface area contributed by atoms with Gasteiger partial charge < -0.3 is 10.6 Å². The van der Waals surface area contributed by atoms with Crippen LogP contribution in [0.2, 0.25) is 10.0 Å². The van der Waals surface area contributed by atoms with Crippen molar-refractivity contribution in [3.63, 3.8) is 0 Å². The van der Waals surface area contributed by atoms with E-state index in [1.807, 2.05) is 30.8 Å². The third-order valence-electron chi connectivity index (χ3n) is 5.13. The van der Waals surface area contributed by atoms with Crippen molar-refractivity contribution in [1.82, 2.24) is 19.6 Å². The molecule has 0 radical (unpaired) electrons. The highest BCUT2D eigenvalue weighted by Crippen LogP contribution is 2.25. The Morgan fingerprint density at radius 1 is 0.970 bits per heavy atom. The number of hydrogen-bond donors (Lipinski definition) is 2. The number of anilines is 2. The molecule has 0 aliphatic rings. The zero-order valence-corrected chi connectivity index (χ0v) is 20.3. The van der Waals surface area contributed by atoms with Crippen molar-refractivity contribution in [3.8, 4) is 0 Å². The van der Waals surface area contributed by atoms with Crippen molar-refractivity contribution in [3.05, 3.63) is 93.1 Å². The van der Waals surface area contributed by atoms with Gasteiger partial charge in [0.2, 0.25) is 0 Å². The lowest BCUT2D eigenvalue weighted by molar-refractivity contribution is 0.622. The Bertz CT molecular complexity index is 1280. The zero-order chi connectivity index (χ0) is 23.5. The largest absolute Gasteiger partial charge is 0.329 e. The first kappa shape index (κ1) is 23.2. The van der Waals surface area contributed by atoms with Crippen LogP contribution in [0.4, 0.5) is 15.9 Å². The summed E-state index contributed by atoms with van der Waals surface area (Å²) in [6.45, 7) is 4.83. The maximum Gasteiger partial charge on any atom is 0.176 e. The lowest BCUT2D eigenvalue weighted by atomic mass is 10.2. The molecule has 0 bridgehead atoms. The molecule has 0 aliphatic heterocycles. The van der Waals surface area contributed by atoms with E-state index in [0.717, 1.165) is 28.2 Å². The van der Waals surface area contributed by atoms with Crippen molar-refractivity contribution in [1.29, 1.82) is 0 Å². The second kappa shape index (κ2) is 9.91. The molecule has 0 atom stereocenters. The van der Waals surface area contributed by atoms with E-state index in [4.69, 9.17) is 35.4 Å². The van der Waals surface area contributed by atoms with Crippen LogP contribution < -0.4 is 10.6 Å². The molecule has 2 aromatic heterocycles. The van der Waals surface area contributed by atoms with E-state index in [2.05, 4.69) is 20.8 Å². The van der Waals surface area contributed by atoms with Gasteiger partial charge in [-0.3, -0.25) is 9.36 Å². The second-order valence-electron chi connectivity index (χ2n) is 7.51. The highest BCUT2D eigenvalue weighted by molar-refractivity contribution is 7.80. The fourth-order valence-electron chi connectivity index (χ4n) is 3.42. The predicted octanol–water partition coefficient (Wildman–Crippen LogP) is 6.05. The SMILES string of the molecule is Cc1nn(Cc2ccc(F)cc2)c(C)c1NC(=S)Nc1ccn(Cc2c(Cl)cccc2Cl)n1. The Labute approximate surface area is 206 Å². The Balaban J connectivity index is 1.41. The van der Waals surface area contributed by atoms with Crippen LogP contribution in [0.15, 0.2) is 54.7 Å². The highest BCUT2D eigenvalue weighted by Gasteiger charge is 2.14. The van der Waals surface area contributed by atoms with E-state index >= 15 is 0 Å². The molecule has 0 saturated carbocycles. The molecule has 0 amide bonds. The fourth-order valence-corrected chi connectivity index (χ4v) is 4.14. The number of nitrogens with one attached hydrogen (secondary N) is 2. The summed E-state index contributed by atoms with van der Waals surface area (Å²) in [7, 11) is 0. The van der Waals surface area contributed by atoms with Gasteiger partial charge in [-0.15, -0.1) is 0 Å². The minimum Gasteiger partial charge on any atom is -0.329 e. The third-order valence-corrected chi connectivity index (χ3v) is 6.04. The summed E-state index contributed by atoms with van der Waals surface area (Å²) in [6.07, 6.45) is 1.82. The van der Waals surface area contributed by atoms with E-state index in [-0.39, 0.29) is 5.82 Å².